The Balaban J connectivity index is 1.60. The van der Waals surface area contributed by atoms with Gasteiger partial charge in [0.2, 0.25) is 5.91 Å². The first-order chi connectivity index (χ1) is 9.66. The van der Waals surface area contributed by atoms with Crippen LogP contribution in [-0.2, 0) is 22.5 Å². The highest BCUT2D eigenvalue weighted by Crippen LogP contribution is 2.19. The van der Waals surface area contributed by atoms with Crippen LogP contribution in [0.15, 0.2) is 24.3 Å². The number of fused-ring (bicyclic) bond motifs is 1. The van der Waals surface area contributed by atoms with Gasteiger partial charge in [0.1, 0.15) is 6.61 Å². The van der Waals surface area contributed by atoms with E-state index in [0.29, 0.717) is 6.54 Å². The van der Waals surface area contributed by atoms with Crippen molar-refractivity contribution in [3.05, 3.63) is 35.4 Å². The van der Waals surface area contributed by atoms with Crippen LogP contribution in [0, 0.1) is 0 Å². The van der Waals surface area contributed by atoms with Gasteiger partial charge in [0.15, 0.2) is 0 Å². The van der Waals surface area contributed by atoms with Crippen LogP contribution in [0.2, 0.25) is 0 Å². The molecule has 1 saturated heterocycles. The summed E-state index contributed by atoms with van der Waals surface area (Å²) in [5.41, 5.74) is 2.49. The number of carbonyl (C=O) groups excluding carboxylic acids is 1. The molecule has 0 atom stereocenters. The summed E-state index contributed by atoms with van der Waals surface area (Å²) in [6, 6.07) is 8.41. The number of hydrogen-bond donors (Lipinski definition) is 1. The van der Waals surface area contributed by atoms with Gasteiger partial charge >= 0.3 is 0 Å². The lowest BCUT2D eigenvalue weighted by Gasteiger charge is -2.39. The van der Waals surface area contributed by atoms with Crippen molar-refractivity contribution in [3.8, 4) is 0 Å². The molecule has 1 fully saturated rings. The average Bonchev–Trinajstić information content (AvgIpc) is 2.64. The predicted molar refractivity (Wildman–Crippen MR) is 77.4 cm³/mol. The summed E-state index contributed by atoms with van der Waals surface area (Å²) in [5.74, 6) is 0.106. The summed E-state index contributed by atoms with van der Waals surface area (Å²) in [4.78, 5) is 14.3. The van der Waals surface area contributed by atoms with Crippen molar-refractivity contribution in [2.75, 3.05) is 26.2 Å². The summed E-state index contributed by atoms with van der Waals surface area (Å²) in [6.45, 7) is 5.46. The van der Waals surface area contributed by atoms with Gasteiger partial charge in [0.05, 0.1) is 5.60 Å². The smallest absolute Gasteiger partial charge is 0.248 e. The lowest BCUT2D eigenvalue weighted by molar-refractivity contribution is -0.146. The van der Waals surface area contributed by atoms with Gasteiger partial charge in [-0.25, -0.2) is 0 Å². The average molecular weight is 274 g/mol. The van der Waals surface area contributed by atoms with Crippen LogP contribution in [-0.4, -0.2) is 42.6 Å². The minimum absolute atomic E-state index is 0.106. The highest BCUT2D eigenvalue weighted by Gasteiger charge is 2.33. The third kappa shape index (κ3) is 2.86. The largest absolute Gasteiger partial charge is 0.363 e. The van der Waals surface area contributed by atoms with Crippen LogP contribution in [0.5, 0.6) is 0 Å². The predicted octanol–water partition coefficient (Wildman–Crippen LogP) is 1.34. The van der Waals surface area contributed by atoms with Crippen LogP contribution in [0.25, 0.3) is 0 Å². The van der Waals surface area contributed by atoms with Gasteiger partial charge in [-0.2, -0.15) is 0 Å². The third-order valence-electron chi connectivity index (χ3n) is 4.25. The van der Waals surface area contributed by atoms with Crippen molar-refractivity contribution in [1.29, 1.82) is 0 Å². The molecule has 4 nitrogen and oxygen atoms in total. The molecule has 4 heteroatoms. The zero-order valence-electron chi connectivity index (χ0n) is 12.0. The molecule has 0 aliphatic carbocycles. The Hall–Kier alpha value is -1.39. The molecule has 2 heterocycles. The molecule has 1 aromatic carbocycles. The number of carbonyl (C=O) groups is 1. The van der Waals surface area contributed by atoms with E-state index < -0.39 is 0 Å². The van der Waals surface area contributed by atoms with Crippen LogP contribution < -0.4 is 5.32 Å². The lowest BCUT2D eigenvalue weighted by atomic mass is 10.0. The molecule has 0 aromatic heterocycles. The minimum atomic E-state index is -0.153. The van der Waals surface area contributed by atoms with Crippen molar-refractivity contribution < 1.29 is 9.53 Å². The Morgan fingerprint density at radius 2 is 2.10 bits per heavy atom. The minimum Gasteiger partial charge on any atom is -0.363 e. The molecule has 2 aliphatic heterocycles. The summed E-state index contributed by atoms with van der Waals surface area (Å²) in [7, 11) is 0. The van der Waals surface area contributed by atoms with Crippen LogP contribution in [0.3, 0.4) is 0 Å². The molecular formula is C16H22N2O2. The van der Waals surface area contributed by atoms with E-state index >= 15 is 0 Å². The zero-order chi connectivity index (χ0) is 14.0. The van der Waals surface area contributed by atoms with E-state index in [1.807, 2.05) is 11.0 Å². The molecule has 0 bridgehead atoms. The van der Waals surface area contributed by atoms with Crippen molar-refractivity contribution in [2.45, 2.75) is 31.9 Å². The standard InChI is InChI=1S/C16H22N2O2/c1-16(11-17-12-16)20-10-15(19)18-8-4-7-13-5-2-3-6-14(13)9-18/h2-3,5-6,17H,4,7-12H2,1H3. The molecule has 108 valence electrons. The summed E-state index contributed by atoms with van der Waals surface area (Å²) in [5, 5.41) is 3.18. The molecule has 1 amide bonds. The number of nitrogens with zero attached hydrogens (tertiary/aromatic N) is 1. The van der Waals surface area contributed by atoms with Crippen molar-refractivity contribution in [1.82, 2.24) is 10.2 Å². The maximum absolute atomic E-state index is 12.3. The van der Waals surface area contributed by atoms with E-state index in [0.717, 1.165) is 32.5 Å². The Morgan fingerprint density at radius 1 is 1.35 bits per heavy atom. The molecule has 0 saturated carbocycles. The lowest BCUT2D eigenvalue weighted by Crippen LogP contribution is -2.59. The second kappa shape index (κ2) is 5.54. The SMILES string of the molecule is CC1(OCC(=O)N2CCCc3ccccc3C2)CNC1. The topological polar surface area (TPSA) is 41.6 Å². The third-order valence-corrected chi connectivity index (χ3v) is 4.25. The van der Waals surface area contributed by atoms with Gasteiger partial charge in [-0.15, -0.1) is 0 Å². The summed E-state index contributed by atoms with van der Waals surface area (Å²) in [6.07, 6.45) is 2.09. The van der Waals surface area contributed by atoms with Gasteiger partial charge < -0.3 is 15.0 Å². The van der Waals surface area contributed by atoms with Crippen LogP contribution >= 0.6 is 0 Å². The number of amides is 1. The fourth-order valence-corrected chi connectivity index (χ4v) is 2.82. The molecule has 0 radical (unpaired) electrons. The maximum Gasteiger partial charge on any atom is 0.248 e. The number of rotatable bonds is 3. The zero-order valence-corrected chi connectivity index (χ0v) is 12.0. The molecule has 3 rings (SSSR count). The first-order valence-electron chi connectivity index (χ1n) is 7.36. The monoisotopic (exact) mass is 274 g/mol. The van der Waals surface area contributed by atoms with E-state index in [1.54, 1.807) is 0 Å². The van der Waals surface area contributed by atoms with Gasteiger partial charge in [-0.05, 0) is 30.9 Å². The second-order valence-corrected chi connectivity index (χ2v) is 6.03. The number of nitrogens with one attached hydrogen (secondary N) is 1. The Labute approximate surface area is 120 Å². The Morgan fingerprint density at radius 3 is 2.80 bits per heavy atom. The molecule has 0 unspecified atom stereocenters. The van der Waals surface area contributed by atoms with E-state index in [1.165, 1.54) is 11.1 Å². The maximum atomic E-state index is 12.3. The molecule has 0 spiro atoms. The van der Waals surface area contributed by atoms with Crippen molar-refractivity contribution in [2.24, 2.45) is 0 Å². The molecule has 20 heavy (non-hydrogen) atoms. The molecule has 1 aromatic rings. The molecule has 1 N–H and O–H groups in total. The van der Waals surface area contributed by atoms with Crippen LogP contribution in [0.1, 0.15) is 24.5 Å². The fraction of sp³-hybridized carbons (Fsp3) is 0.562. The number of aryl methyl sites for hydroxylation is 1. The summed E-state index contributed by atoms with van der Waals surface area (Å²) < 4.78 is 5.76. The Kier molecular flexibility index (Phi) is 3.76. The van der Waals surface area contributed by atoms with E-state index in [4.69, 9.17) is 4.74 Å². The van der Waals surface area contributed by atoms with Crippen molar-refractivity contribution in [3.63, 3.8) is 0 Å². The van der Waals surface area contributed by atoms with Gasteiger partial charge in [0, 0.05) is 26.2 Å². The first-order valence-corrected chi connectivity index (χ1v) is 7.36. The number of hydrogen-bond acceptors (Lipinski definition) is 3. The van der Waals surface area contributed by atoms with Gasteiger partial charge in [-0.1, -0.05) is 24.3 Å². The highest BCUT2D eigenvalue weighted by molar-refractivity contribution is 5.77. The molecular weight excluding hydrogens is 252 g/mol. The molecule has 2 aliphatic rings. The summed E-state index contributed by atoms with van der Waals surface area (Å²) >= 11 is 0. The first kappa shape index (κ1) is 13.6. The fourth-order valence-electron chi connectivity index (χ4n) is 2.82. The van der Waals surface area contributed by atoms with Crippen LogP contribution in [0.4, 0.5) is 0 Å². The van der Waals surface area contributed by atoms with E-state index in [2.05, 4.69) is 30.4 Å². The number of ether oxygens (including phenoxy) is 1. The number of benzene rings is 1. The van der Waals surface area contributed by atoms with Crippen molar-refractivity contribution >= 4 is 5.91 Å². The van der Waals surface area contributed by atoms with E-state index in [-0.39, 0.29) is 18.1 Å². The normalized spacial score (nSPS) is 20.8. The Bertz CT molecular complexity index is 497. The van der Waals surface area contributed by atoms with Gasteiger partial charge in [0.25, 0.3) is 0 Å². The second-order valence-electron chi connectivity index (χ2n) is 6.03. The highest BCUT2D eigenvalue weighted by atomic mass is 16.5. The quantitative estimate of drug-likeness (QED) is 0.904. The van der Waals surface area contributed by atoms with E-state index in [9.17, 15) is 4.79 Å². The van der Waals surface area contributed by atoms with Gasteiger partial charge in [-0.3, -0.25) is 4.79 Å².